The van der Waals surface area contributed by atoms with Crippen LogP contribution in [0.3, 0.4) is 0 Å². The van der Waals surface area contributed by atoms with Crippen molar-refractivity contribution >= 4 is 0 Å². The van der Waals surface area contributed by atoms with Gasteiger partial charge in [-0.15, -0.1) is 0 Å². The Morgan fingerprint density at radius 2 is 2.05 bits per heavy atom. The molecule has 0 spiro atoms. The SMILES string of the molecule is CCOc1ccccc1-c1noc(C(C)(CC)CN)n1. The van der Waals surface area contributed by atoms with E-state index >= 15 is 0 Å². The van der Waals surface area contributed by atoms with Crippen molar-refractivity contribution in [1.82, 2.24) is 10.1 Å². The molecule has 5 heteroatoms. The zero-order valence-electron chi connectivity index (χ0n) is 12.2. The zero-order chi connectivity index (χ0) is 14.6. The number of benzene rings is 1. The second kappa shape index (κ2) is 6.05. The summed E-state index contributed by atoms with van der Waals surface area (Å²) in [4.78, 5) is 4.50. The summed E-state index contributed by atoms with van der Waals surface area (Å²) in [6, 6.07) is 7.67. The highest BCUT2D eigenvalue weighted by Crippen LogP contribution is 2.31. The number of aromatic nitrogens is 2. The number of ether oxygens (including phenoxy) is 1. The van der Waals surface area contributed by atoms with E-state index < -0.39 is 0 Å². The summed E-state index contributed by atoms with van der Waals surface area (Å²) in [5, 5.41) is 4.07. The Morgan fingerprint density at radius 1 is 1.30 bits per heavy atom. The van der Waals surface area contributed by atoms with Crippen molar-refractivity contribution in [3.8, 4) is 17.1 Å². The van der Waals surface area contributed by atoms with E-state index in [9.17, 15) is 0 Å². The highest BCUT2D eigenvalue weighted by molar-refractivity contribution is 5.63. The van der Waals surface area contributed by atoms with Crippen LogP contribution in [0.5, 0.6) is 5.75 Å². The summed E-state index contributed by atoms with van der Waals surface area (Å²) in [5.74, 6) is 1.87. The van der Waals surface area contributed by atoms with E-state index in [1.807, 2.05) is 38.1 Å². The number of nitrogens with zero attached hydrogens (tertiary/aromatic N) is 2. The Hall–Kier alpha value is -1.88. The number of hydrogen-bond donors (Lipinski definition) is 1. The third kappa shape index (κ3) is 2.67. The van der Waals surface area contributed by atoms with Crippen molar-refractivity contribution in [2.75, 3.05) is 13.2 Å². The van der Waals surface area contributed by atoms with Crippen molar-refractivity contribution in [2.45, 2.75) is 32.6 Å². The lowest BCUT2D eigenvalue weighted by molar-refractivity contribution is 0.290. The summed E-state index contributed by atoms with van der Waals surface area (Å²) in [6.07, 6.45) is 0.845. The standard InChI is InChI=1S/C15H21N3O2/c1-4-15(3,10-16)14-17-13(18-20-14)11-8-6-7-9-12(11)19-5-2/h6-9H,4-5,10,16H2,1-3H3. The van der Waals surface area contributed by atoms with E-state index in [0.717, 1.165) is 17.7 Å². The van der Waals surface area contributed by atoms with E-state index in [4.69, 9.17) is 15.0 Å². The predicted octanol–water partition coefficient (Wildman–Crippen LogP) is 2.76. The normalized spacial score (nSPS) is 14.0. The zero-order valence-corrected chi connectivity index (χ0v) is 12.2. The number of rotatable bonds is 6. The van der Waals surface area contributed by atoms with Crippen LogP contribution in [0.1, 0.15) is 33.1 Å². The van der Waals surface area contributed by atoms with E-state index in [1.165, 1.54) is 0 Å². The van der Waals surface area contributed by atoms with Crippen LogP contribution >= 0.6 is 0 Å². The van der Waals surface area contributed by atoms with Gasteiger partial charge in [0.05, 0.1) is 17.6 Å². The van der Waals surface area contributed by atoms with Gasteiger partial charge in [0, 0.05) is 6.54 Å². The average Bonchev–Trinajstić information content (AvgIpc) is 2.97. The van der Waals surface area contributed by atoms with E-state index in [-0.39, 0.29) is 5.41 Å². The molecule has 0 radical (unpaired) electrons. The van der Waals surface area contributed by atoms with Crippen LogP contribution in [0.15, 0.2) is 28.8 Å². The van der Waals surface area contributed by atoms with E-state index in [0.29, 0.717) is 24.9 Å². The second-order valence-corrected chi connectivity index (χ2v) is 4.97. The van der Waals surface area contributed by atoms with Gasteiger partial charge in [-0.05, 0) is 32.4 Å². The van der Waals surface area contributed by atoms with Crippen LogP contribution in [-0.4, -0.2) is 23.3 Å². The van der Waals surface area contributed by atoms with Crippen LogP contribution < -0.4 is 10.5 Å². The summed E-state index contributed by atoms with van der Waals surface area (Å²) >= 11 is 0. The molecule has 0 aliphatic heterocycles. The lowest BCUT2D eigenvalue weighted by Crippen LogP contribution is -2.31. The molecule has 0 amide bonds. The molecule has 1 aromatic carbocycles. The Bertz CT molecular complexity index is 562. The maximum Gasteiger partial charge on any atom is 0.234 e. The molecule has 2 N–H and O–H groups in total. The monoisotopic (exact) mass is 275 g/mol. The lowest BCUT2D eigenvalue weighted by Gasteiger charge is -2.20. The molecule has 1 aromatic heterocycles. The molecule has 1 atom stereocenters. The van der Waals surface area contributed by atoms with Gasteiger partial charge in [0.15, 0.2) is 0 Å². The second-order valence-electron chi connectivity index (χ2n) is 4.97. The Morgan fingerprint density at radius 3 is 2.70 bits per heavy atom. The predicted molar refractivity (Wildman–Crippen MR) is 77.6 cm³/mol. The van der Waals surface area contributed by atoms with E-state index in [2.05, 4.69) is 17.1 Å². The van der Waals surface area contributed by atoms with Gasteiger partial charge in [-0.25, -0.2) is 0 Å². The molecule has 0 aliphatic rings. The maximum absolute atomic E-state index is 5.82. The molecule has 0 fully saturated rings. The van der Waals surface area contributed by atoms with Crippen molar-refractivity contribution in [3.05, 3.63) is 30.2 Å². The largest absolute Gasteiger partial charge is 0.493 e. The first-order valence-corrected chi connectivity index (χ1v) is 6.91. The van der Waals surface area contributed by atoms with Crippen LogP contribution in [0.25, 0.3) is 11.4 Å². The molecule has 0 saturated heterocycles. The van der Waals surface area contributed by atoms with Crippen molar-refractivity contribution in [2.24, 2.45) is 5.73 Å². The maximum atomic E-state index is 5.82. The summed E-state index contributed by atoms with van der Waals surface area (Å²) in [7, 11) is 0. The fourth-order valence-corrected chi connectivity index (χ4v) is 1.89. The van der Waals surface area contributed by atoms with Crippen LogP contribution in [0.2, 0.25) is 0 Å². The Labute approximate surface area is 119 Å². The number of nitrogens with two attached hydrogens (primary N) is 1. The van der Waals surface area contributed by atoms with E-state index in [1.54, 1.807) is 0 Å². The third-order valence-electron chi connectivity index (χ3n) is 3.60. The summed E-state index contributed by atoms with van der Waals surface area (Å²) in [6.45, 7) is 7.10. The minimum absolute atomic E-state index is 0.286. The minimum atomic E-state index is -0.286. The molecular weight excluding hydrogens is 254 g/mol. The molecule has 0 aliphatic carbocycles. The summed E-state index contributed by atoms with van der Waals surface area (Å²) in [5.41, 5.74) is 6.37. The van der Waals surface area contributed by atoms with Crippen LogP contribution in [0.4, 0.5) is 0 Å². The molecule has 1 unspecified atom stereocenters. The van der Waals surface area contributed by atoms with Crippen LogP contribution in [0, 0.1) is 0 Å². The Balaban J connectivity index is 2.38. The molecule has 5 nitrogen and oxygen atoms in total. The van der Waals surface area contributed by atoms with Gasteiger partial charge in [0.25, 0.3) is 0 Å². The highest BCUT2D eigenvalue weighted by atomic mass is 16.5. The van der Waals surface area contributed by atoms with Gasteiger partial charge in [-0.3, -0.25) is 0 Å². The highest BCUT2D eigenvalue weighted by Gasteiger charge is 2.30. The molecule has 2 rings (SSSR count). The molecule has 20 heavy (non-hydrogen) atoms. The third-order valence-corrected chi connectivity index (χ3v) is 3.60. The van der Waals surface area contributed by atoms with Gasteiger partial charge >= 0.3 is 0 Å². The van der Waals surface area contributed by atoms with Crippen molar-refractivity contribution in [3.63, 3.8) is 0 Å². The quantitative estimate of drug-likeness (QED) is 0.877. The molecule has 0 saturated carbocycles. The molecule has 1 heterocycles. The van der Waals surface area contributed by atoms with Gasteiger partial charge in [0.2, 0.25) is 11.7 Å². The topological polar surface area (TPSA) is 74.2 Å². The first-order chi connectivity index (χ1) is 9.64. The molecule has 108 valence electrons. The van der Waals surface area contributed by atoms with Crippen molar-refractivity contribution < 1.29 is 9.26 Å². The fourth-order valence-electron chi connectivity index (χ4n) is 1.89. The van der Waals surface area contributed by atoms with Gasteiger partial charge in [-0.1, -0.05) is 24.2 Å². The molecular formula is C15H21N3O2. The van der Waals surface area contributed by atoms with Gasteiger partial charge in [0.1, 0.15) is 5.75 Å². The Kier molecular flexibility index (Phi) is 4.39. The number of hydrogen-bond acceptors (Lipinski definition) is 5. The van der Waals surface area contributed by atoms with Crippen molar-refractivity contribution in [1.29, 1.82) is 0 Å². The fraction of sp³-hybridized carbons (Fsp3) is 0.467. The molecule has 2 aromatic rings. The van der Waals surface area contributed by atoms with Crippen LogP contribution in [-0.2, 0) is 5.41 Å². The first kappa shape index (κ1) is 14.5. The lowest BCUT2D eigenvalue weighted by atomic mass is 9.88. The first-order valence-electron chi connectivity index (χ1n) is 6.91. The number of para-hydroxylation sites is 1. The summed E-state index contributed by atoms with van der Waals surface area (Å²) < 4.78 is 11.0. The average molecular weight is 275 g/mol. The van der Waals surface area contributed by atoms with Gasteiger partial charge < -0.3 is 15.0 Å². The van der Waals surface area contributed by atoms with Gasteiger partial charge in [-0.2, -0.15) is 4.98 Å². The smallest absolute Gasteiger partial charge is 0.234 e. The minimum Gasteiger partial charge on any atom is -0.493 e. The molecule has 0 bridgehead atoms.